The number of benzene rings is 2. The molecule has 2 aromatic carbocycles. The molecule has 0 unspecified atom stereocenters. The number of carbonyl (C=O) groups is 2. The Morgan fingerprint density at radius 2 is 1.66 bits per heavy atom. The average molecular weight is 516 g/mol. The number of ether oxygens (including phenoxy) is 1. The lowest BCUT2D eigenvalue weighted by atomic mass is 10.1. The van der Waals surface area contributed by atoms with Crippen LogP contribution in [0.3, 0.4) is 0 Å². The van der Waals surface area contributed by atoms with E-state index in [9.17, 15) is 9.59 Å². The Kier molecular flexibility index (Phi) is 10.2. The van der Waals surface area contributed by atoms with Crippen molar-refractivity contribution < 1.29 is 14.3 Å². The van der Waals surface area contributed by atoms with Crippen LogP contribution in [0.25, 0.3) is 0 Å². The molecule has 0 atom stereocenters. The summed E-state index contributed by atoms with van der Waals surface area (Å²) >= 11 is 12.3. The van der Waals surface area contributed by atoms with Crippen molar-refractivity contribution in [2.24, 2.45) is 7.05 Å². The first-order chi connectivity index (χ1) is 16.9. The van der Waals surface area contributed by atoms with Gasteiger partial charge in [0, 0.05) is 60.9 Å². The summed E-state index contributed by atoms with van der Waals surface area (Å²) in [7, 11) is 1.95. The first-order valence-corrected chi connectivity index (χ1v) is 12.4. The van der Waals surface area contributed by atoms with Crippen LogP contribution in [0.15, 0.2) is 66.9 Å². The van der Waals surface area contributed by atoms with E-state index in [2.05, 4.69) is 0 Å². The third-order valence-electron chi connectivity index (χ3n) is 5.62. The maximum atomic E-state index is 13.6. The van der Waals surface area contributed by atoms with E-state index in [-0.39, 0.29) is 18.4 Å². The van der Waals surface area contributed by atoms with Crippen LogP contribution in [0, 0.1) is 0 Å². The van der Waals surface area contributed by atoms with Gasteiger partial charge in [0.25, 0.3) is 5.91 Å². The maximum absolute atomic E-state index is 13.6. The van der Waals surface area contributed by atoms with Crippen molar-refractivity contribution in [3.05, 3.63) is 93.7 Å². The predicted molar refractivity (Wildman–Crippen MR) is 140 cm³/mol. The number of aromatic nitrogens is 1. The summed E-state index contributed by atoms with van der Waals surface area (Å²) in [6.45, 7) is 4.20. The largest absolute Gasteiger partial charge is 0.382 e. The summed E-state index contributed by atoms with van der Waals surface area (Å²) < 4.78 is 7.43. The van der Waals surface area contributed by atoms with Crippen LogP contribution >= 0.6 is 23.2 Å². The van der Waals surface area contributed by atoms with Crippen LogP contribution in [0.5, 0.6) is 0 Å². The molecule has 0 saturated carbocycles. The molecular formula is C27H31Cl2N3O3. The first-order valence-electron chi connectivity index (χ1n) is 11.6. The van der Waals surface area contributed by atoms with Crippen LogP contribution in [0.2, 0.25) is 10.0 Å². The van der Waals surface area contributed by atoms with Crippen molar-refractivity contribution in [3.63, 3.8) is 0 Å². The molecule has 0 aliphatic carbocycles. The lowest BCUT2D eigenvalue weighted by Gasteiger charge is -2.28. The summed E-state index contributed by atoms with van der Waals surface area (Å²) in [4.78, 5) is 30.3. The molecule has 1 heterocycles. The SMILES string of the molecule is CCOCCCN(CC(=O)N(Cc1ccccc1)Cc1cccn1C)C(=O)c1cc(Cl)cc(Cl)c1. The van der Waals surface area contributed by atoms with Crippen molar-refractivity contribution >= 4 is 35.0 Å². The first kappa shape index (κ1) is 26.8. The lowest BCUT2D eigenvalue weighted by molar-refractivity contribution is -0.133. The van der Waals surface area contributed by atoms with Gasteiger partial charge >= 0.3 is 0 Å². The van der Waals surface area contributed by atoms with Crippen LogP contribution in [-0.4, -0.2) is 52.5 Å². The minimum Gasteiger partial charge on any atom is -0.382 e. The zero-order valence-electron chi connectivity index (χ0n) is 20.1. The highest BCUT2D eigenvalue weighted by Crippen LogP contribution is 2.21. The summed E-state index contributed by atoms with van der Waals surface area (Å²) in [6.07, 6.45) is 2.56. The van der Waals surface area contributed by atoms with E-state index in [0.29, 0.717) is 54.9 Å². The van der Waals surface area contributed by atoms with Gasteiger partial charge in [-0.05, 0) is 49.2 Å². The molecule has 0 radical (unpaired) electrons. The van der Waals surface area contributed by atoms with Gasteiger partial charge in [0.05, 0.1) is 6.54 Å². The number of rotatable bonds is 12. The minimum atomic E-state index is -0.294. The van der Waals surface area contributed by atoms with Gasteiger partial charge < -0.3 is 19.1 Å². The molecule has 0 aliphatic heterocycles. The highest BCUT2D eigenvalue weighted by atomic mass is 35.5. The summed E-state index contributed by atoms with van der Waals surface area (Å²) in [5.74, 6) is -0.439. The molecule has 6 nitrogen and oxygen atoms in total. The van der Waals surface area contributed by atoms with Crippen molar-refractivity contribution in [1.82, 2.24) is 14.4 Å². The molecule has 3 aromatic rings. The number of hydrogen-bond donors (Lipinski definition) is 0. The molecule has 0 spiro atoms. The Morgan fingerprint density at radius 3 is 2.29 bits per heavy atom. The van der Waals surface area contributed by atoms with Crippen LogP contribution in [0.1, 0.15) is 35.0 Å². The molecule has 8 heteroatoms. The van der Waals surface area contributed by atoms with Crippen LogP contribution < -0.4 is 0 Å². The minimum absolute atomic E-state index is 0.0631. The van der Waals surface area contributed by atoms with Gasteiger partial charge in [0.2, 0.25) is 5.91 Å². The van der Waals surface area contributed by atoms with Gasteiger partial charge in [0.1, 0.15) is 6.54 Å². The number of hydrogen-bond acceptors (Lipinski definition) is 3. The van der Waals surface area contributed by atoms with Gasteiger partial charge in [-0.3, -0.25) is 9.59 Å². The summed E-state index contributed by atoms with van der Waals surface area (Å²) in [5, 5.41) is 0.742. The Labute approximate surface area is 217 Å². The third-order valence-corrected chi connectivity index (χ3v) is 6.05. The zero-order valence-corrected chi connectivity index (χ0v) is 21.6. The fourth-order valence-electron chi connectivity index (χ4n) is 3.77. The zero-order chi connectivity index (χ0) is 25.2. The van der Waals surface area contributed by atoms with Gasteiger partial charge in [0.15, 0.2) is 0 Å². The molecule has 0 N–H and O–H groups in total. The van der Waals surface area contributed by atoms with E-state index in [4.69, 9.17) is 27.9 Å². The lowest BCUT2D eigenvalue weighted by Crippen LogP contribution is -2.43. The Morgan fingerprint density at radius 1 is 0.943 bits per heavy atom. The van der Waals surface area contributed by atoms with Crippen molar-refractivity contribution in [1.29, 1.82) is 0 Å². The second kappa shape index (κ2) is 13.3. The third kappa shape index (κ3) is 8.13. The topological polar surface area (TPSA) is 54.8 Å². The number of carbonyl (C=O) groups excluding carboxylic acids is 2. The Hall–Kier alpha value is -2.80. The van der Waals surface area contributed by atoms with E-state index in [0.717, 1.165) is 11.3 Å². The molecule has 1 aromatic heterocycles. The standard InChI is InChI=1S/C27H31Cl2N3O3/c1-3-35-14-8-13-31(27(34)22-15-23(28)17-24(29)16-22)20-26(33)32(18-21-9-5-4-6-10-21)19-25-11-7-12-30(25)2/h4-7,9-12,15-17H,3,8,13-14,18-20H2,1-2H3. The fourth-order valence-corrected chi connectivity index (χ4v) is 4.30. The average Bonchev–Trinajstić information content (AvgIpc) is 3.24. The van der Waals surface area contributed by atoms with E-state index < -0.39 is 0 Å². The highest BCUT2D eigenvalue weighted by Gasteiger charge is 2.24. The predicted octanol–water partition coefficient (Wildman–Crippen LogP) is 5.43. The Balaban J connectivity index is 1.82. The van der Waals surface area contributed by atoms with Crippen LogP contribution in [-0.2, 0) is 29.7 Å². The monoisotopic (exact) mass is 515 g/mol. The van der Waals surface area contributed by atoms with E-state index >= 15 is 0 Å². The molecule has 186 valence electrons. The number of aryl methyl sites for hydroxylation is 1. The van der Waals surface area contributed by atoms with Crippen LogP contribution in [0.4, 0.5) is 0 Å². The molecular weight excluding hydrogens is 485 g/mol. The van der Waals surface area contributed by atoms with Gasteiger partial charge in [-0.2, -0.15) is 0 Å². The molecule has 35 heavy (non-hydrogen) atoms. The van der Waals surface area contributed by atoms with Gasteiger partial charge in [-0.15, -0.1) is 0 Å². The van der Waals surface area contributed by atoms with Gasteiger partial charge in [-0.1, -0.05) is 53.5 Å². The fraction of sp³-hybridized carbons (Fsp3) is 0.333. The quantitative estimate of drug-likeness (QED) is 0.302. The normalized spacial score (nSPS) is 10.9. The summed E-state index contributed by atoms with van der Waals surface area (Å²) in [6, 6.07) is 18.5. The molecule has 0 bridgehead atoms. The molecule has 0 fully saturated rings. The molecule has 0 saturated heterocycles. The van der Waals surface area contributed by atoms with Crippen molar-refractivity contribution in [2.45, 2.75) is 26.4 Å². The Bertz CT molecular complexity index is 1100. The van der Waals surface area contributed by atoms with E-state index in [1.807, 2.05) is 67.2 Å². The second-order valence-corrected chi connectivity index (χ2v) is 9.15. The number of halogens is 2. The van der Waals surface area contributed by atoms with Crippen molar-refractivity contribution in [3.8, 4) is 0 Å². The summed E-state index contributed by atoms with van der Waals surface area (Å²) in [5.41, 5.74) is 2.37. The molecule has 0 aliphatic rings. The van der Waals surface area contributed by atoms with E-state index in [1.54, 1.807) is 28.0 Å². The maximum Gasteiger partial charge on any atom is 0.254 e. The van der Waals surface area contributed by atoms with Gasteiger partial charge in [-0.25, -0.2) is 0 Å². The van der Waals surface area contributed by atoms with Crippen molar-refractivity contribution in [2.75, 3.05) is 26.3 Å². The molecule has 2 amide bonds. The smallest absolute Gasteiger partial charge is 0.254 e. The molecule has 3 rings (SSSR count). The van der Waals surface area contributed by atoms with E-state index in [1.165, 1.54) is 0 Å². The number of nitrogens with zero attached hydrogens (tertiary/aromatic N) is 3. The highest BCUT2D eigenvalue weighted by molar-refractivity contribution is 6.35. The second-order valence-electron chi connectivity index (χ2n) is 8.28. The number of amides is 2.